The molecule has 0 aromatic carbocycles. The van der Waals surface area contributed by atoms with Gasteiger partial charge in [0.2, 0.25) is 11.8 Å². The van der Waals surface area contributed by atoms with Crippen molar-refractivity contribution in [3.05, 3.63) is 0 Å². The topological polar surface area (TPSA) is 54.5 Å². The predicted octanol–water partition coefficient (Wildman–Crippen LogP) is 1.92. The smallest absolute Gasteiger partial charge is 0.229 e. The van der Waals surface area contributed by atoms with E-state index in [0.29, 0.717) is 25.8 Å². The monoisotopic (exact) mass is 239 g/mol. The lowest BCUT2D eigenvalue weighted by atomic mass is 9.81. The van der Waals surface area contributed by atoms with Gasteiger partial charge in [0.25, 0.3) is 0 Å². The summed E-state index contributed by atoms with van der Waals surface area (Å²) in [6.07, 6.45) is 2.87. The number of hydrogen-bond acceptors (Lipinski definition) is 3. The third kappa shape index (κ3) is 4.29. The highest BCUT2D eigenvalue weighted by Crippen LogP contribution is 2.31. The summed E-state index contributed by atoms with van der Waals surface area (Å²) in [5.41, 5.74) is -0.204. The van der Waals surface area contributed by atoms with Gasteiger partial charge in [-0.05, 0) is 25.2 Å². The standard InChI is InChI=1S/C13H21NO3/c1-10(15)6-4-5-7-14-11(16)8-13(2,3)9-12(14)17/h4-9H2,1-3H3. The van der Waals surface area contributed by atoms with Crippen molar-refractivity contribution in [2.45, 2.75) is 52.9 Å². The SMILES string of the molecule is CC(=O)CCCCN1C(=O)CC(C)(C)CC1=O. The number of amides is 2. The quantitative estimate of drug-likeness (QED) is 0.544. The maximum absolute atomic E-state index is 11.8. The molecular formula is C13H21NO3. The lowest BCUT2D eigenvalue weighted by molar-refractivity contribution is -0.152. The van der Waals surface area contributed by atoms with Gasteiger partial charge in [-0.3, -0.25) is 14.5 Å². The second-order valence-corrected chi connectivity index (χ2v) is 5.62. The first kappa shape index (κ1) is 13.9. The lowest BCUT2D eigenvalue weighted by Crippen LogP contribution is -2.46. The molecule has 0 N–H and O–H groups in total. The number of ketones is 1. The summed E-state index contributed by atoms with van der Waals surface area (Å²) in [5, 5.41) is 0. The lowest BCUT2D eigenvalue weighted by Gasteiger charge is -2.34. The molecule has 0 saturated carbocycles. The second kappa shape index (κ2) is 5.43. The highest BCUT2D eigenvalue weighted by atomic mass is 16.2. The molecule has 17 heavy (non-hydrogen) atoms. The molecule has 1 aliphatic heterocycles. The van der Waals surface area contributed by atoms with Crippen LogP contribution >= 0.6 is 0 Å². The predicted molar refractivity (Wildman–Crippen MR) is 64.3 cm³/mol. The number of hydrogen-bond donors (Lipinski definition) is 0. The van der Waals surface area contributed by atoms with Crippen molar-refractivity contribution in [2.24, 2.45) is 5.41 Å². The molecule has 96 valence electrons. The fraction of sp³-hybridized carbons (Fsp3) is 0.769. The van der Waals surface area contributed by atoms with Crippen LogP contribution in [0.5, 0.6) is 0 Å². The van der Waals surface area contributed by atoms with E-state index in [0.717, 1.165) is 12.8 Å². The molecule has 0 unspecified atom stereocenters. The van der Waals surface area contributed by atoms with Crippen molar-refractivity contribution in [2.75, 3.05) is 6.54 Å². The van der Waals surface area contributed by atoms with E-state index in [2.05, 4.69) is 0 Å². The maximum Gasteiger partial charge on any atom is 0.229 e. The minimum absolute atomic E-state index is 0.0749. The van der Waals surface area contributed by atoms with Gasteiger partial charge in [0.05, 0.1) is 0 Å². The number of rotatable bonds is 5. The summed E-state index contributed by atoms with van der Waals surface area (Å²) in [5.74, 6) is 0.00517. The summed E-state index contributed by atoms with van der Waals surface area (Å²) < 4.78 is 0. The molecular weight excluding hydrogens is 218 g/mol. The molecule has 4 nitrogen and oxygen atoms in total. The summed E-state index contributed by atoms with van der Waals surface area (Å²) >= 11 is 0. The van der Waals surface area contributed by atoms with Crippen LogP contribution in [0.1, 0.15) is 52.9 Å². The van der Waals surface area contributed by atoms with Crippen LogP contribution in [-0.4, -0.2) is 29.0 Å². The van der Waals surface area contributed by atoms with Crippen LogP contribution in [0.2, 0.25) is 0 Å². The average molecular weight is 239 g/mol. The van der Waals surface area contributed by atoms with Gasteiger partial charge in [0, 0.05) is 25.8 Å². The molecule has 1 fully saturated rings. The first-order valence-corrected chi connectivity index (χ1v) is 6.14. The van der Waals surface area contributed by atoms with Crippen molar-refractivity contribution in [1.29, 1.82) is 0 Å². The Bertz CT molecular complexity index is 314. The summed E-state index contributed by atoms with van der Waals surface area (Å²) in [7, 11) is 0. The number of Topliss-reactive ketones (excluding diaryl/α,β-unsaturated/α-hetero) is 1. The molecule has 4 heteroatoms. The molecule has 0 aromatic heterocycles. The summed E-state index contributed by atoms with van der Waals surface area (Å²) in [6, 6.07) is 0. The zero-order valence-corrected chi connectivity index (χ0v) is 10.9. The van der Waals surface area contributed by atoms with Crippen molar-refractivity contribution in [3.63, 3.8) is 0 Å². The van der Waals surface area contributed by atoms with Gasteiger partial charge in [-0.2, -0.15) is 0 Å². The van der Waals surface area contributed by atoms with Crippen LogP contribution in [0.3, 0.4) is 0 Å². The highest BCUT2D eigenvalue weighted by Gasteiger charge is 2.36. The van der Waals surface area contributed by atoms with Crippen molar-refractivity contribution < 1.29 is 14.4 Å². The van der Waals surface area contributed by atoms with Gasteiger partial charge in [0.1, 0.15) is 5.78 Å². The van der Waals surface area contributed by atoms with Crippen LogP contribution in [0.15, 0.2) is 0 Å². The maximum atomic E-state index is 11.8. The van der Waals surface area contributed by atoms with E-state index in [-0.39, 0.29) is 23.0 Å². The number of piperidine rings is 1. The Hall–Kier alpha value is -1.19. The fourth-order valence-electron chi connectivity index (χ4n) is 2.10. The molecule has 1 rings (SSSR count). The Morgan fingerprint density at radius 3 is 2.18 bits per heavy atom. The van der Waals surface area contributed by atoms with Crippen molar-refractivity contribution in [3.8, 4) is 0 Å². The van der Waals surface area contributed by atoms with Crippen LogP contribution in [0.4, 0.5) is 0 Å². The van der Waals surface area contributed by atoms with Crippen molar-refractivity contribution >= 4 is 17.6 Å². The molecule has 0 spiro atoms. The Balaban J connectivity index is 2.41. The van der Waals surface area contributed by atoms with Gasteiger partial charge in [-0.25, -0.2) is 0 Å². The van der Waals surface area contributed by atoms with Crippen molar-refractivity contribution in [1.82, 2.24) is 4.90 Å². The molecule has 0 aliphatic carbocycles. The first-order chi connectivity index (χ1) is 7.82. The zero-order chi connectivity index (χ0) is 13.1. The van der Waals surface area contributed by atoms with Gasteiger partial charge >= 0.3 is 0 Å². The molecule has 1 saturated heterocycles. The number of imide groups is 1. The van der Waals surface area contributed by atoms with E-state index in [1.807, 2.05) is 13.8 Å². The normalized spacial score (nSPS) is 19.6. The second-order valence-electron chi connectivity index (χ2n) is 5.62. The number of carbonyl (C=O) groups excluding carboxylic acids is 3. The fourth-order valence-corrected chi connectivity index (χ4v) is 2.10. The van der Waals surface area contributed by atoms with Gasteiger partial charge in [-0.15, -0.1) is 0 Å². The van der Waals surface area contributed by atoms with Gasteiger partial charge < -0.3 is 4.79 Å². The zero-order valence-electron chi connectivity index (χ0n) is 10.9. The van der Waals surface area contributed by atoms with Crippen LogP contribution in [0.25, 0.3) is 0 Å². The number of nitrogens with zero attached hydrogens (tertiary/aromatic N) is 1. The Morgan fingerprint density at radius 1 is 1.18 bits per heavy atom. The Labute approximate surface area is 102 Å². The molecule has 0 bridgehead atoms. The van der Waals surface area contributed by atoms with E-state index < -0.39 is 0 Å². The van der Waals surface area contributed by atoms with E-state index in [1.54, 1.807) is 6.92 Å². The Morgan fingerprint density at radius 2 is 1.71 bits per heavy atom. The van der Waals surface area contributed by atoms with E-state index in [1.165, 1.54) is 4.90 Å². The van der Waals surface area contributed by atoms with Crippen LogP contribution in [0, 0.1) is 5.41 Å². The highest BCUT2D eigenvalue weighted by molar-refractivity contribution is 5.98. The third-order valence-electron chi connectivity index (χ3n) is 3.02. The van der Waals surface area contributed by atoms with Crippen LogP contribution < -0.4 is 0 Å². The summed E-state index contributed by atoms with van der Waals surface area (Å²) in [4.78, 5) is 35.7. The minimum Gasteiger partial charge on any atom is -0.300 e. The van der Waals surface area contributed by atoms with E-state index in [4.69, 9.17) is 0 Å². The van der Waals surface area contributed by atoms with Crippen LogP contribution in [-0.2, 0) is 14.4 Å². The molecule has 0 atom stereocenters. The number of carbonyl (C=O) groups is 3. The van der Waals surface area contributed by atoms with Gasteiger partial charge in [-0.1, -0.05) is 13.8 Å². The first-order valence-electron chi connectivity index (χ1n) is 6.14. The van der Waals surface area contributed by atoms with E-state index >= 15 is 0 Å². The molecule has 0 radical (unpaired) electrons. The summed E-state index contributed by atoms with van der Waals surface area (Å²) in [6.45, 7) is 5.90. The number of unbranched alkanes of at least 4 members (excludes halogenated alkanes) is 1. The molecule has 0 aromatic rings. The third-order valence-corrected chi connectivity index (χ3v) is 3.02. The molecule has 1 heterocycles. The van der Waals surface area contributed by atoms with E-state index in [9.17, 15) is 14.4 Å². The van der Waals surface area contributed by atoms with Gasteiger partial charge in [0.15, 0.2) is 0 Å². The molecule has 2 amide bonds. The molecule has 1 aliphatic rings. The largest absolute Gasteiger partial charge is 0.300 e. The average Bonchev–Trinajstić information content (AvgIpc) is 2.12. The Kier molecular flexibility index (Phi) is 4.43. The number of likely N-dealkylation sites (tertiary alicyclic amines) is 1. The minimum atomic E-state index is -0.204.